The van der Waals surface area contributed by atoms with Gasteiger partial charge in [-0.15, -0.1) is 0 Å². The Labute approximate surface area is 210 Å². The predicted octanol–water partition coefficient (Wildman–Crippen LogP) is 4.67. The molecule has 1 aliphatic rings. The number of aliphatic imine (C=N–C) groups is 1. The fourth-order valence-corrected chi connectivity index (χ4v) is 3.77. The summed E-state index contributed by atoms with van der Waals surface area (Å²) in [5.74, 6) is -1.58. The van der Waals surface area contributed by atoms with Gasteiger partial charge in [-0.05, 0) is 51.7 Å². The average Bonchev–Trinajstić information content (AvgIpc) is 2.98. The molecule has 0 saturated carbocycles. The van der Waals surface area contributed by atoms with Crippen LogP contribution < -0.4 is 4.90 Å². The van der Waals surface area contributed by atoms with Crippen molar-refractivity contribution in [2.24, 2.45) is 4.99 Å². The number of nitrogens with zero attached hydrogens (tertiary/aromatic N) is 4. The molecule has 0 atom stereocenters. The lowest BCUT2D eigenvalue weighted by atomic mass is 10.00. The molecule has 8 nitrogen and oxygen atoms in total. The minimum Gasteiger partial charge on any atom is -0.478 e. The Hall–Kier alpha value is -4.30. The van der Waals surface area contributed by atoms with E-state index in [0.29, 0.717) is 12.2 Å². The minimum atomic E-state index is -1.26. The second-order valence-electron chi connectivity index (χ2n) is 8.52. The number of aliphatic carboxylic acids is 2. The van der Waals surface area contributed by atoms with Crippen molar-refractivity contribution < 1.29 is 19.8 Å². The molecule has 4 rings (SSSR count). The molecule has 36 heavy (non-hydrogen) atoms. The molecule has 8 heteroatoms. The number of hydrogen-bond acceptors (Lipinski definition) is 6. The van der Waals surface area contributed by atoms with E-state index in [1.165, 1.54) is 5.69 Å². The van der Waals surface area contributed by atoms with Crippen molar-refractivity contribution in [2.75, 3.05) is 32.1 Å². The van der Waals surface area contributed by atoms with E-state index in [9.17, 15) is 9.59 Å². The van der Waals surface area contributed by atoms with Gasteiger partial charge >= 0.3 is 11.9 Å². The number of carboxylic acid groups (broad SMARTS) is 2. The van der Waals surface area contributed by atoms with Crippen LogP contribution in [-0.2, 0) is 9.59 Å². The molecule has 0 amide bonds. The molecule has 186 valence electrons. The van der Waals surface area contributed by atoms with Crippen LogP contribution in [0.4, 0.5) is 17.2 Å². The van der Waals surface area contributed by atoms with Crippen molar-refractivity contribution in [3.8, 4) is 0 Å². The van der Waals surface area contributed by atoms with Crippen LogP contribution in [0.3, 0.4) is 0 Å². The quantitative estimate of drug-likeness (QED) is 0.467. The number of fused-ring (bicyclic) bond motifs is 2. The van der Waals surface area contributed by atoms with E-state index < -0.39 is 11.9 Å². The van der Waals surface area contributed by atoms with Gasteiger partial charge in [0.1, 0.15) is 5.69 Å². The first kappa shape index (κ1) is 26.3. The summed E-state index contributed by atoms with van der Waals surface area (Å²) in [6, 6.07) is 21.1. The second-order valence-corrected chi connectivity index (χ2v) is 8.52. The lowest BCUT2D eigenvalue weighted by molar-refractivity contribution is -0.134. The average molecular weight is 487 g/mol. The van der Waals surface area contributed by atoms with Gasteiger partial charge in [0.05, 0.1) is 11.4 Å². The smallest absolute Gasteiger partial charge is 0.328 e. The largest absolute Gasteiger partial charge is 0.478 e. The molecule has 0 aliphatic carbocycles. The third kappa shape index (κ3) is 7.10. The maximum absolute atomic E-state index is 9.55. The number of pyridine rings is 1. The second kappa shape index (κ2) is 12.4. The van der Waals surface area contributed by atoms with Gasteiger partial charge in [0.2, 0.25) is 0 Å². The van der Waals surface area contributed by atoms with Gasteiger partial charge in [-0.1, -0.05) is 48.5 Å². The highest BCUT2D eigenvalue weighted by atomic mass is 16.4. The molecular formula is C28H30N4O4. The maximum Gasteiger partial charge on any atom is 0.328 e. The predicted molar refractivity (Wildman–Crippen MR) is 142 cm³/mol. The third-order valence-corrected chi connectivity index (χ3v) is 5.32. The fourth-order valence-electron chi connectivity index (χ4n) is 3.77. The Morgan fingerprint density at radius 2 is 1.61 bits per heavy atom. The van der Waals surface area contributed by atoms with Crippen molar-refractivity contribution in [2.45, 2.75) is 13.3 Å². The van der Waals surface area contributed by atoms with Crippen LogP contribution in [0.2, 0.25) is 0 Å². The molecule has 2 N–H and O–H groups in total. The topological polar surface area (TPSA) is 106 Å². The number of aromatic nitrogens is 1. The maximum atomic E-state index is 9.55. The van der Waals surface area contributed by atoms with Crippen molar-refractivity contribution in [3.63, 3.8) is 0 Å². The van der Waals surface area contributed by atoms with E-state index in [-0.39, 0.29) is 0 Å². The van der Waals surface area contributed by atoms with Gasteiger partial charge in [0, 0.05) is 36.0 Å². The van der Waals surface area contributed by atoms with E-state index in [2.05, 4.69) is 85.4 Å². The van der Waals surface area contributed by atoms with Gasteiger partial charge in [-0.2, -0.15) is 0 Å². The third-order valence-electron chi connectivity index (χ3n) is 5.32. The number of para-hydroxylation sites is 1. The van der Waals surface area contributed by atoms with E-state index in [1.54, 1.807) is 0 Å². The number of hydrogen-bond donors (Lipinski definition) is 2. The zero-order valence-corrected chi connectivity index (χ0v) is 20.6. The molecule has 0 spiro atoms. The lowest BCUT2D eigenvalue weighted by Crippen LogP contribution is -2.24. The van der Waals surface area contributed by atoms with Crippen LogP contribution in [-0.4, -0.2) is 64.9 Å². The standard InChI is InChI=1S/C24H26N4.C4H4O4/c1-18-16-21-24(25-17-18)28(15-9-14-27(2)3)22-13-8-7-12-20(22)23(26-21)19-10-5-4-6-11-19;5-3(6)1-2-4(7)8/h4-8,10-13,16-17H,9,14-15H2,1-3H3;1-2H,(H,5,6)(H,7,8)/b;2-1+. The van der Waals surface area contributed by atoms with Crippen LogP contribution in [0, 0.1) is 6.92 Å². The van der Waals surface area contributed by atoms with Gasteiger partial charge in [0.25, 0.3) is 0 Å². The number of carbonyl (C=O) groups is 2. The Bertz CT molecular complexity index is 1250. The Morgan fingerprint density at radius 1 is 0.972 bits per heavy atom. The van der Waals surface area contributed by atoms with E-state index in [0.717, 1.165) is 53.4 Å². The number of benzene rings is 2. The molecule has 0 saturated heterocycles. The van der Waals surface area contributed by atoms with Crippen molar-refractivity contribution in [1.29, 1.82) is 0 Å². The van der Waals surface area contributed by atoms with Crippen LogP contribution in [0.1, 0.15) is 23.1 Å². The van der Waals surface area contributed by atoms with Gasteiger partial charge in [0.15, 0.2) is 5.82 Å². The monoisotopic (exact) mass is 486 g/mol. The number of carboxylic acids is 2. The highest BCUT2D eigenvalue weighted by Gasteiger charge is 2.24. The molecule has 1 aliphatic heterocycles. The SMILES string of the molecule is Cc1cnc2c(c1)N=C(c1ccccc1)c1ccccc1N2CCCN(C)C.O=C(O)/C=C/C(=O)O. The Kier molecular flexibility index (Phi) is 9.07. The van der Waals surface area contributed by atoms with Crippen LogP contribution in [0.25, 0.3) is 0 Å². The molecule has 0 radical (unpaired) electrons. The van der Waals surface area contributed by atoms with E-state index in [1.807, 2.05) is 12.3 Å². The normalized spacial score (nSPS) is 12.2. The van der Waals surface area contributed by atoms with Crippen molar-refractivity contribution in [3.05, 3.63) is 95.7 Å². The highest BCUT2D eigenvalue weighted by Crippen LogP contribution is 2.39. The molecule has 0 fully saturated rings. The van der Waals surface area contributed by atoms with E-state index in [4.69, 9.17) is 20.2 Å². The molecule has 0 unspecified atom stereocenters. The molecular weight excluding hydrogens is 456 g/mol. The van der Waals surface area contributed by atoms with Gasteiger partial charge < -0.3 is 20.0 Å². The summed E-state index contributed by atoms with van der Waals surface area (Å²) in [5.41, 5.74) is 6.49. The Balaban J connectivity index is 0.000000392. The minimum absolute atomic E-state index is 0.558. The molecule has 3 aromatic rings. The van der Waals surface area contributed by atoms with E-state index >= 15 is 0 Å². The lowest BCUT2D eigenvalue weighted by Gasteiger charge is -2.26. The highest BCUT2D eigenvalue weighted by molar-refractivity contribution is 6.18. The van der Waals surface area contributed by atoms with Crippen LogP contribution in [0.15, 0.2) is 84.0 Å². The van der Waals surface area contributed by atoms with Crippen LogP contribution >= 0.6 is 0 Å². The number of anilines is 2. The summed E-state index contributed by atoms with van der Waals surface area (Å²) in [5, 5.41) is 15.6. The first-order valence-corrected chi connectivity index (χ1v) is 11.5. The molecule has 0 bridgehead atoms. The molecule has 2 aromatic carbocycles. The van der Waals surface area contributed by atoms with Crippen molar-refractivity contribution in [1.82, 2.24) is 9.88 Å². The molecule has 2 heterocycles. The van der Waals surface area contributed by atoms with Gasteiger partial charge in [-0.25, -0.2) is 19.6 Å². The zero-order chi connectivity index (χ0) is 26.1. The van der Waals surface area contributed by atoms with Gasteiger partial charge in [-0.3, -0.25) is 0 Å². The summed E-state index contributed by atoms with van der Waals surface area (Å²) < 4.78 is 0. The molecule has 1 aromatic heterocycles. The first-order chi connectivity index (χ1) is 17.3. The number of aryl methyl sites for hydroxylation is 1. The summed E-state index contributed by atoms with van der Waals surface area (Å²) >= 11 is 0. The summed E-state index contributed by atoms with van der Waals surface area (Å²) in [4.78, 5) is 33.6. The fraction of sp³-hybridized carbons (Fsp3) is 0.214. The summed E-state index contributed by atoms with van der Waals surface area (Å²) in [7, 11) is 4.23. The first-order valence-electron chi connectivity index (χ1n) is 11.5. The Morgan fingerprint density at radius 3 is 2.25 bits per heavy atom. The van der Waals surface area contributed by atoms with Crippen LogP contribution in [0.5, 0.6) is 0 Å². The number of rotatable bonds is 7. The summed E-state index contributed by atoms with van der Waals surface area (Å²) in [6.07, 6.45) is 4.10. The van der Waals surface area contributed by atoms with Crippen molar-refractivity contribution >= 4 is 34.8 Å². The summed E-state index contributed by atoms with van der Waals surface area (Å²) in [6.45, 7) is 4.00. The zero-order valence-electron chi connectivity index (χ0n) is 20.6.